The molecular weight excluding hydrogens is 422 g/mol. The van der Waals surface area contributed by atoms with E-state index < -0.39 is 0 Å². The SMILES string of the molecule is COc1cc(C(=O)N(C)C(CCNC(=O)c2cccn2C)Cc2ccccc2)nc(OC)n1. The van der Waals surface area contributed by atoms with Crippen molar-refractivity contribution in [1.82, 2.24) is 24.8 Å². The fourth-order valence-corrected chi connectivity index (χ4v) is 3.51. The van der Waals surface area contributed by atoms with Gasteiger partial charge >= 0.3 is 6.01 Å². The molecule has 0 radical (unpaired) electrons. The van der Waals surface area contributed by atoms with Crippen molar-refractivity contribution >= 4 is 11.8 Å². The second kappa shape index (κ2) is 11.1. The van der Waals surface area contributed by atoms with Crippen molar-refractivity contribution in [2.24, 2.45) is 7.05 Å². The van der Waals surface area contributed by atoms with Crippen LogP contribution in [0.1, 0.15) is 33.0 Å². The summed E-state index contributed by atoms with van der Waals surface area (Å²) in [5.41, 5.74) is 1.85. The topological polar surface area (TPSA) is 98.6 Å². The van der Waals surface area contributed by atoms with Crippen LogP contribution < -0.4 is 14.8 Å². The number of rotatable bonds is 10. The van der Waals surface area contributed by atoms with Gasteiger partial charge in [0, 0.05) is 38.9 Å². The fourth-order valence-electron chi connectivity index (χ4n) is 3.51. The summed E-state index contributed by atoms with van der Waals surface area (Å²) in [6, 6.07) is 14.9. The highest BCUT2D eigenvalue weighted by Crippen LogP contribution is 2.18. The number of ether oxygens (including phenoxy) is 2. The van der Waals surface area contributed by atoms with Crippen molar-refractivity contribution in [2.45, 2.75) is 18.9 Å². The summed E-state index contributed by atoms with van der Waals surface area (Å²) >= 11 is 0. The minimum absolute atomic E-state index is 0.0561. The number of benzene rings is 1. The lowest BCUT2D eigenvalue weighted by Crippen LogP contribution is -2.41. The van der Waals surface area contributed by atoms with Gasteiger partial charge in [-0.05, 0) is 30.5 Å². The number of nitrogens with zero attached hydrogens (tertiary/aromatic N) is 4. The number of hydrogen-bond acceptors (Lipinski definition) is 6. The van der Waals surface area contributed by atoms with Gasteiger partial charge in [0.1, 0.15) is 11.4 Å². The van der Waals surface area contributed by atoms with Gasteiger partial charge in [-0.15, -0.1) is 0 Å². The molecule has 0 bridgehead atoms. The zero-order valence-corrected chi connectivity index (χ0v) is 19.3. The lowest BCUT2D eigenvalue weighted by Gasteiger charge is -2.28. The molecule has 1 aromatic carbocycles. The number of aryl methyl sites for hydroxylation is 1. The molecule has 0 spiro atoms. The van der Waals surface area contributed by atoms with Gasteiger partial charge in [0.15, 0.2) is 0 Å². The highest BCUT2D eigenvalue weighted by molar-refractivity contribution is 5.93. The summed E-state index contributed by atoms with van der Waals surface area (Å²) in [6.45, 7) is 0.412. The number of aromatic nitrogens is 3. The number of hydrogen-bond donors (Lipinski definition) is 1. The summed E-state index contributed by atoms with van der Waals surface area (Å²) in [6.07, 6.45) is 3.01. The minimum Gasteiger partial charge on any atom is -0.481 e. The molecule has 33 heavy (non-hydrogen) atoms. The molecule has 2 aromatic heterocycles. The van der Waals surface area contributed by atoms with Gasteiger partial charge in [0.2, 0.25) is 5.88 Å². The highest BCUT2D eigenvalue weighted by atomic mass is 16.5. The highest BCUT2D eigenvalue weighted by Gasteiger charge is 2.24. The van der Waals surface area contributed by atoms with Gasteiger partial charge in [-0.25, -0.2) is 0 Å². The first kappa shape index (κ1) is 23.8. The molecule has 0 aliphatic heterocycles. The first-order valence-corrected chi connectivity index (χ1v) is 10.6. The van der Waals surface area contributed by atoms with E-state index in [1.165, 1.54) is 20.3 Å². The van der Waals surface area contributed by atoms with E-state index in [0.717, 1.165) is 5.56 Å². The van der Waals surface area contributed by atoms with E-state index >= 15 is 0 Å². The van der Waals surface area contributed by atoms with Gasteiger partial charge in [0.25, 0.3) is 11.8 Å². The molecule has 2 amide bonds. The van der Waals surface area contributed by atoms with Crippen molar-refractivity contribution in [3.8, 4) is 11.9 Å². The van der Waals surface area contributed by atoms with Crippen molar-refractivity contribution in [3.05, 3.63) is 71.7 Å². The first-order chi connectivity index (χ1) is 15.9. The van der Waals surface area contributed by atoms with Crippen molar-refractivity contribution < 1.29 is 19.1 Å². The third-order valence-corrected chi connectivity index (χ3v) is 5.41. The number of amides is 2. The predicted molar refractivity (Wildman–Crippen MR) is 124 cm³/mol. The van der Waals surface area contributed by atoms with Crippen LogP contribution in [0.4, 0.5) is 0 Å². The van der Waals surface area contributed by atoms with Gasteiger partial charge in [-0.3, -0.25) is 9.59 Å². The molecule has 0 aliphatic carbocycles. The van der Waals surface area contributed by atoms with Crippen LogP contribution in [0.25, 0.3) is 0 Å². The van der Waals surface area contributed by atoms with E-state index in [-0.39, 0.29) is 35.4 Å². The summed E-state index contributed by atoms with van der Waals surface area (Å²) in [4.78, 5) is 35.6. The molecule has 3 rings (SSSR count). The zero-order chi connectivity index (χ0) is 23.8. The Morgan fingerprint density at radius 2 is 1.85 bits per heavy atom. The Morgan fingerprint density at radius 3 is 2.48 bits per heavy atom. The van der Waals surface area contributed by atoms with Gasteiger partial charge < -0.3 is 24.3 Å². The van der Waals surface area contributed by atoms with Gasteiger partial charge in [0.05, 0.1) is 14.2 Å². The normalized spacial score (nSPS) is 11.5. The molecule has 1 unspecified atom stereocenters. The third-order valence-electron chi connectivity index (χ3n) is 5.41. The number of carbonyl (C=O) groups excluding carboxylic acids is 2. The molecule has 1 N–H and O–H groups in total. The maximum absolute atomic E-state index is 13.3. The van der Waals surface area contributed by atoms with Crippen molar-refractivity contribution in [1.29, 1.82) is 0 Å². The van der Waals surface area contributed by atoms with Crippen LogP contribution in [0.15, 0.2) is 54.7 Å². The predicted octanol–water partition coefficient (Wildman–Crippen LogP) is 2.34. The van der Waals surface area contributed by atoms with E-state index in [0.29, 0.717) is 25.1 Å². The number of likely N-dealkylation sites (N-methyl/N-ethyl adjacent to an activating group) is 1. The monoisotopic (exact) mass is 451 g/mol. The van der Waals surface area contributed by atoms with E-state index in [9.17, 15) is 9.59 Å². The maximum atomic E-state index is 13.3. The maximum Gasteiger partial charge on any atom is 0.320 e. The molecule has 174 valence electrons. The van der Waals surface area contributed by atoms with Crippen LogP contribution in [-0.2, 0) is 13.5 Å². The Bertz CT molecular complexity index is 1060. The molecule has 3 aromatic rings. The Kier molecular flexibility index (Phi) is 8.01. The molecule has 9 heteroatoms. The molecule has 2 heterocycles. The summed E-state index contributed by atoms with van der Waals surface area (Å²) < 4.78 is 12.0. The fraction of sp³-hybridized carbons (Fsp3) is 0.333. The molecule has 0 fully saturated rings. The van der Waals surface area contributed by atoms with Crippen molar-refractivity contribution in [3.63, 3.8) is 0 Å². The van der Waals surface area contributed by atoms with E-state index in [1.54, 1.807) is 22.6 Å². The van der Waals surface area contributed by atoms with E-state index in [2.05, 4.69) is 15.3 Å². The molecule has 0 saturated carbocycles. The van der Waals surface area contributed by atoms with Gasteiger partial charge in [-0.2, -0.15) is 9.97 Å². The summed E-state index contributed by atoms with van der Waals surface area (Å²) in [5.74, 6) is -0.197. The molecule has 9 nitrogen and oxygen atoms in total. The zero-order valence-electron chi connectivity index (χ0n) is 19.3. The molecular formula is C24H29N5O4. The van der Waals surface area contributed by atoms with Crippen LogP contribution >= 0.6 is 0 Å². The second-order valence-corrected chi connectivity index (χ2v) is 7.59. The summed E-state index contributed by atoms with van der Waals surface area (Å²) in [7, 11) is 6.45. The van der Waals surface area contributed by atoms with Crippen LogP contribution in [0, 0.1) is 0 Å². The van der Waals surface area contributed by atoms with Crippen LogP contribution in [-0.4, -0.2) is 65.1 Å². The lowest BCUT2D eigenvalue weighted by molar-refractivity contribution is 0.0715. The molecule has 0 saturated heterocycles. The minimum atomic E-state index is -0.288. The lowest BCUT2D eigenvalue weighted by atomic mass is 10.0. The Morgan fingerprint density at radius 1 is 1.09 bits per heavy atom. The molecule has 0 aliphatic rings. The second-order valence-electron chi connectivity index (χ2n) is 7.59. The van der Waals surface area contributed by atoms with Crippen molar-refractivity contribution in [2.75, 3.05) is 27.8 Å². The quantitative estimate of drug-likeness (QED) is 0.508. The van der Waals surface area contributed by atoms with Crippen LogP contribution in [0.3, 0.4) is 0 Å². The Labute approximate surface area is 193 Å². The smallest absolute Gasteiger partial charge is 0.320 e. The average Bonchev–Trinajstić information content (AvgIpc) is 3.28. The third kappa shape index (κ3) is 6.09. The van der Waals surface area contributed by atoms with E-state index in [4.69, 9.17) is 9.47 Å². The number of carbonyl (C=O) groups is 2. The van der Waals surface area contributed by atoms with Crippen LogP contribution in [0.2, 0.25) is 0 Å². The first-order valence-electron chi connectivity index (χ1n) is 10.6. The molecule has 1 atom stereocenters. The number of nitrogens with one attached hydrogen (secondary N) is 1. The van der Waals surface area contributed by atoms with Crippen LogP contribution in [0.5, 0.6) is 11.9 Å². The summed E-state index contributed by atoms with van der Waals surface area (Å²) in [5, 5.41) is 2.95. The Balaban J connectivity index is 1.76. The van der Waals surface area contributed by atoms with E-state index in [1.807, 2.05) is 49.6 Å². The Hall–Kier alpha value is -3.88. The standard InChI is InChI=1S/C24H29N5O4/c1-28-14-8-11-20(28)22(30)25-13-12-18(15-17-9-6-5-7-10-17)29(2)23(31)19-16-21(32-3)27-24(26-19)33-4/h5-11,14,16,18H,12-13,15H2,1-4H3,(H,25,30). The average molecular weight is 452 g/mol. The largest absolute Gasteiger partial charge is 0.481 e. The van der Waals surface area contributed by atoms with Gasteiger partial charge in [-0.1, -0.05) is 30.3 Å². The number of methoxy groups -OCH3 is 2.